The molecule has 22 heavy (non-hydrogen) atoms. The molecule has 1 rings (SSSR count). The molecule has 0 saturated heterocycles. The number of carbonyl (C=O) groups is 2. The molecule has 0 bridgehead atoms. The number of benzene rings is 1. The summed E-state index contributed by atoms with van der Waals surface area (Å²) in [5.41, 5.74) is 0.776. The van der Waals surface area contributed by atoms with Crippen molar-refractivity contribution >= 4 is 22.7 Å². The predicted octanol–water partition coefficient (Wildman–Crippen LogP) is 2.61. The molecule has 0 spiro atoms. The number of carboxylic acids is 1. The molecule has 1 aromatic rings. The first-order valence-electron chi connectivity index (χ1n) is 7.21. The minimum absolute atomic E-state index is 0.135. The van der Waals surface area contributed by atoms with Gasteiger partial charge in [-0.25, -0.2) is 4.79 Å². The van der Waals surface area contributed by atoms with Gasteiger partial charge in [0, 0.05) is 16.6 Å². The maximum absolute atomic E-state index is 12.4. The van der Waals surface area contributed by atoms with Crippen LogP contribution in [0.3, 0.4) is 0 Å². The van der Waals surface area contributed by atoms with Crippen LogP contribution in [0.2, 0.25) is 0 Å². The van der Waals surface area contributed by atoms with Crippen molar-refractivity contribution in [1.82, 2.24) is 0 Å². The Morgan fingerprint density at radius 2 is 2.00 bits per heavy atom. The quantitative estimate of drug-likeness (QED) is 0.743. The van der Waals surface area contributed by atoms with Crippen LogP contribution in [0.25, 0.3) is 0 Å². The predicted molar refractivity (Wildman–Crippen MR) is 85.1 cm³/mol. The zero-order valence-corrected chi connectivity index (χ0v) is 13.9. The topological polar surface area (TPSA) is 80.7 Å². The lowest BCUT2D eigenvalue weighted by Crippen LogP contribution is -2.29. The number of rotatable bonds is 8. The van der Waals surface area contributed by atoms with Gasteiger partial charge in [-0.05, 0) is 30.0 Å². The summed E-state index contributed by atoms with van der Waals surface area (Å²) < 4.78 is 17.5. The molecular weight excluding hydrogens is 304 g/mol. The summed E-state index contributed by atoms with van der Waals surface area (Å²) in [5.74, 6) is -1.13. The molecule has 2 unspecified atom stereocenters. The molecule has 2 atom stereocenters. The van der Waals surface area contributed by atoms with Gasteiger partial charge in [0.2, 0.25) is 0 Å². The fourth-order valence-corrected chi connectivity index (χ4v) is 3.22. The van der Waals surface area contributed by atoms with Crippen molar-refractivity contribution in [2.75, 3.05) is 6.61 Å². The lowest BCUT2D eigenvalue weighted by Gasteiger charge is -2.15. The van der Waals surface area contributed by atoms with Crippen molar-refractivity contribution in [3.8, 4) is 0 Å². The average Bonchev–Trinajstić information content (AvgIpc) is 2.46. The van der Waals surface area contributed by atoms with Crippen molar-refractivity contribution in [2.45, 2.75) is 38.2 Å². The van der Waals surface area contributed by atoms with E-state index in [0.29, 0.717) is 18.6 Å². The fourth-order valence-electron chi connectivity index (χ4n) is 1.86. The standard InChI is InChI=1S/C16H22O5S/c1-4-14(16(19)21-9-11(2)3)22(20)10-12-6-5-7-13(8-12)15(17)18/h5-8,11,14H,4,9-10H2,1-3H3,(H,17,18). The molecule has 0 aliphatic heterocycles. The Labute approximate surface area is 133 Å². The smallest absolute Gasteiger partial charge is 0.335 e. The molecule has 1 aromatic carbocycles. The highest BCUT2D eigenvalue weighted by atomic mass is 32.2. The molecule has 6 heteroatoms. The van der Waals surface area contributed by atoms with Gasteiger partial charge in [0.05, 0.1) is 12.2 Å². The number of esters is 1. The minimum Gasteiger partial charge on any atom is -0.478 e. The van der Waals surface area contributed by atoms with Gasteiger partial charge >= 0.3 is 11.9 Å². The molecule has 0 aliphatic rings. The lowest BCUT2D eigenvalue weighted by atomic mass is 10.1. The van der Waals surface area contributed by atoms with E-state index in [-0.39, 0.29) is 17.2 Å². The van der Waals surface area contributed by atoms with Crippen molar-refractivity contribution in [3.05, 3.63) is 35.4 Å². The Kier molecular flexibility index (Phi) is 7.24. The van der Waals surface area contributed by atoms with E-state index in [9.17, 15) is 13.8 Å². The fraction of sp³-hybridized carbons (Fsp3) is 0.500. The Balaban J connectivity index is 2.74. The average molecular weight is 326 g/mol. The second-order valence-electron chi connectivity index (χ2n) is 5.45. The first kappa shape index (κ1) is 18.4. The maximum atomic E-state index is 12.4. The maximum Gasteiger partial charge on any atom is 0.335 e. The van der Waals surface area contributed by atoms with E-state index in [2.05, 4.69) is 0 Å². The number of carbonyl (C=O) groups excluding carboxylic acids is 1. The highest BCUT2D eigenvalue weighted by Crippen LogP contribution is 2.14. The molecule has 0 aliphatic carbocycles. The van der Waals surface area contributed by atoms with E-state index >= 15 is 0 Å². The van der Waals surface area contributed by atoms with Crippen LogP contribution >= 0.6 is 0 Å². The minimum atomic E-state index is -1.44. The van der Waals surface area contributed by atoms with Crippen LogP contribution in [0.15, 0.2) is 24.3 Å². The van der Waals surface area contributed by atoms with Gasteiger partial charge in [0.1, 0.15) is 5.25 Å². The summed E-state index contributed by atoms with van der Waals surface area (Å²) in [6, 6.07) is 6.26. The second kappa shape index (κ2) is 8.68. The monoisotopic (exact) mass is 326 g/mol. The first-order valence-corrected chi connectivity index (χ1v) is 8.59. The summed E-state index contributed by atoms with van der Waals surface area (Å²) >= 11 is 0. The third-order valence-corrected chi connectivity index (χ3v) is 4.77. The van der Waals surface area contributed by atoms with Gasteiger partial charge in [-0.1, -0.05) is 32.9 Å². The van der Waals surface area contributed by atoms with Gasteiger partial charge in [0.15, 0.2) is 0 Å². The molecule has 0 heterocycles. The number of aromatic carboxylic acids is 1. The van der Waals surface area contributed by atoms with E-state index < -0.39 is 28.0 Å². The zero-order valence-electron chi connectivity index (χ0n) is 13.1. The van der Waals surface area contributed by atoms with Crippen LogP contribution in [-0.2, 0) is 26.1 Å². The summed E-state index contributed by atoms with van der Waals surface area (Å²) in [6.45, 7) is 5.96. The Morgan fingerprint density at radius 1 is 1.32 bits per heavy atom. The third-order valence-electron chi connectivity index (χ3n) is 2.99. The van der Waals surface area contributed by atoms with E-state index in [1.54, 1.807) is 19.1 Å². The summed E-state index contributed by atoms with van der Waals surface area (Å²) in [6.07, 6.45) is 0.419. The van der Waals surface area contributed by atoms with Crippen molar-refractivity contribution in [2.24, 2.45) is 5.92 Å². The van der Waals surface area contributed by atoms with Crippen LogP contribution in [0.4, 0.5) is 0 Å². The van der Waals surface area contributed by atoms with Crippen molar-refractivity contribution < 1.29 is 23.6 Å². The Morgan fingerprint density at radius 3 is 2.55 bits per heavy atom. The highest BCUT2D eigenvalue weighted by Gasteiger charge is 2.25. The summed E-state index contributed by atoms with van der Waals surface area (Å²) in [7, 11) is -1.44. The normalized spacial score (nSPS) is 13.6. The van der Waals surface area contributed by atoms with E-state index in [1.165, 1.54) is 12.1 Å². The van der Waals surface area contributed by atoms with E-state index in [0.717, 1.165) is 0 Å². The molecular formula is C16H22O5S. The summed E-state index contributed by atoms with van der Waals surface area (Å²) in [5, 5.41) is 8.27. The van der Waals surface area contributed by atoms with Crippen molar-refractivity contribution in [1.29, 1.82) is 0 Å². The number of carboxylic acid groups (broad SMARTS) is 1. The van der Waals surface area contributed by atoms with Gasteiger partial charge < -0.3 is 9.84 Å². The number of ether oxygens (including phenoxy) is 1. The largest absolute Gasteiger partial charge is 0.478 e. The second-order valence-corrected chi connectivity index (χ2v) is 7.07. The first-order chi connectivity index (χ1) is 10.3. The Hall–Kier alpha value is -1.69. The van der Waals surface area contributed by atoms with Gasteiger partial charge in [-0.2, -0.15) is 0 Å². The van der Waals surface area contributed by atoms with Crippen LogP contribution in [0.1, 0.15) is 43.1 Å². The van der Waals surface area contributed by atoms with Crippen molar-refractivity contribution in [3.63, 3.8) is 0 Å². The lowest BCUT2D eigenvalue weighted by molar-refractivity contribution is -0.144. The van der Waals surface area contributed by atoms with Gasteiger partial charge in [-0.15, -0.1) is 0 Å². The number of hydrogen-bond acceptors (Lipinski definition) is 4. The van der Waals surface area contributed by atoms with Crippen LogP contribution < -0.4 is 0 Å². The highest BCUT2D eigenvalue weighted by molar-refractivity contribution is 7.85. The number of hydrogen-bond donors (Lipinski definition) is 1. The molecule has 122 valence electrons. The van der Waals surface area contributed by atoms with E-state index in [4.69, 9.17) is 9.84 Å². The van der Waals surface area contributed by atoms with Gasteiger partial charge in [-0.3, -0.25) is 9.00 Å². The van der Waals surface area contributed by atoms with Crippen LogP contribution in [-0.4, -0.2) is 33.1 Å². The summed E-state index contributed by atoms with van der Waals surface area (Å²) in [4.78, 5) is 22.9. The molecule has 0 fully saturated rings. The van der Waals surface area contributed by atoms with Crippen LogP contribution in [0.5, 0.6) is 0 Å². The third kappa shape index (κ3) is 5.60. The molecule has 0 amide bonds. The zero-order chi connectivity index (χ0) is 16.7. The SMILES string of the molecule is CCC(C(=O)OCC(C)C)S(=O)Cc1cccc(C(=O)O)c1. The molecule has 5 nitrogen and oxygen atoms in total. The molecule has 0 radical (unpaired) electrons. The molecule has 0 saturated carbocycles. The van der Waals surface area contributed by atoms with Crippen LogP contribution in [0, 0.1) is 5.92 Å². The van der Waals surface area contributed by atoms with E-state index in [1.807, 2.05) is 13.8 Å². The Bertz CT molecular complexity index is 553. The molecule has 0 aromatic heterocycles. The molecule has 1 N–H and O–H groups in total. The van der Waals surface area contributed by atoms with Gasteiger partial charge in [0.25, 0.3) is 0 Å².